The first-order valence-electron chi connectivity index (χ1n) is 5.95. The smallest absolute Gasteiger partial charge is 0.311 e. The fraction of sp³-hybridized carbons (Fsp3) is 0.583. The summed E-state index contributed by atoms with van der Waals surface area (Å²) in [5, 5.41) is 9.31. The van der Waals surface area contributed by atoms with Crippen LogP contribution in [0.1, 0.15) is 17.2 Å². The van der Waals surface area contributed by atoms with Gasteiger partial charge in [-0.3, -0.25) is 9.69 Å². The quantitative estimate of drug-likeness (QED) is 0.898. The maximum atomic E-state index is 11.3. The van der Waals surface area contributed by atoms with Crippen molar-refractivity contribution in [3.05, 3.63) is 20.8 Å². The van der Waals surface area contributed by atoms with Gasteiger partial charge in [-0.15, -0.1) is 11.3 Å². The molecule has 4 nitrogen and oxygen atoms in total. The average Bonchev–Trinajstić information content (AvgIpc) is 2.77. The predicted octanol–water partition coefficient (Wildman–Crippen LogP) is 2.40. The Morgan fingerprint density at radius 3 is 2.78 bits per heavy atom. The van der Waals surface area contributed by atoms with Crippen LogP contribution in [0, 0.1) is 0 Å². The summed E-state index contributed by atoms with van der Waals surface area (Å²) >= 11 is 4.88. The zero-order valence-electron chi connectivity index (χ0n) is 9.97. The highest BCUT2D eigenvalue weighted by Gasteiger charge is 2.23. The van der Waals surface area contributed by atoms with Crippen LogP contribution in [0.4, 0.5) is 0 Å². The third-order valence-electron chi connectivity index (χ3n) is 3.07. The van der Waals surface area contributed by atoms with Crippen LogP contribution < -0.4 is 0 Å². The van der Waals surface area contributed by atoms with Crippen LogP contribution in [0.15, 0.2) is 15.9 Å². The van der Waals surface area contributed by atoms with Gasteiger partial charge in [0.1, 0.15) is 0 Å². The minimum Gasteiger partial charge on any atom is -0.481 e. The lowest BCUT2D eigenvalue weighted by molar-refractivity contribution is -0.139. The van der Waals surface area contributed by atoms with E-state index >= 15 is 0 Å². The van der Waals surface area contributed by atoms with Crippen molar-refractivity contribution in [3.63, 3.8) is 0 Å². The molecule has 0 radical (unpaired) electrons. The van der Waals surface area contributed by atoms with Gasteiger partial charge in [-0.05, 0) is 41.0 Å². The van der Waals surface area contributed by atoms with E-state index in [4.69, 9.17) is 4.74 Å². The van der Waals surface area contributed by atoms with Crippen molar-refractivity contribution < 1.29 is 14.6 Å². The highest BCUT2D eigenvalue weighted by molar-refractivity contribution is 9.11. The highest BCUT2D eigenvalue weighted by atomic mass is 79.9. The number of carboxylic acid groups (broad SMARTS) is 1. The minimum absolute atomic E-state index is 0.399. The molecular formula is C12H16BrNO3S. The van der Waals surface area contributed by atoms with E-state index in [1.807, 2.05) is 12.1 Å². The fourth-order valence-corrected chi connectivity index (χ4v) is 3.59. The molecule has 2 heterocycles. The summed E-state index contributed by atoms with van der Waals surface area (Å²) < 4.78 is 6.26. The van der Waals surface area contributed by atoms with Gasteiger partial charge in [-0.25, -0.2) is 0 Å². The summed E-state index contributed by atoms with van der Waals surface area (Å²) in [6, 6.07) is 3.80. The normalized spacial score (nSPS) is 18.7. The molecule has 1 aromatic heterocycles. The first-order valence-corrected chi connectivity index (χ1v) is 7.56. The third kappa shape index (κ3) is 3.78. The SMILES string of the molecule is O=C(O)C(CCN1CCOCC1)c1ccc(Br)s1. The Morgan fingerprint density at radius 1 is 1.50 bits per heavy atom. The Labute approximate surface area is 119 Å². The first kappa shape index (κ1) is 14.0. The third-order valence-corrected chi connectivity index (χ3v) is 4.81. The van der Waals surface area contributed by atoms with Gasteiger partial charge >= 0.3 is 5.97 Å². The summed E-state index contributed by atoms with van der Waals surface area (Å²) in [6.45, 7) is 4.13. The topological polar surface area (TPSA) is 49.8 Å². The lowest BCUT2D eigenvalue weighted by atomic mass is 10.0. The van der Waals surface area contributed by atoms with E-state index in [0.717, 1.165) is 41.5 Å². The maximum Gasteiger partial charge on any atom is 0.311 e. The number of hydrogen-bond acceptors (Lipinski definition) is 4. The van der Waals surface area contributed by atoms with Gasteiger partial charge in [0.15, 0.2) is 0 Å². The zero-order chi connectivity index (χ0) is 13.0. The van der Waals surface area contributed by atoms with Crippen LogP contribution in [-0.2, 0) is 9.53 Å². The Balaban J connectivity index is 1.92. The maximum absolute atomic E-state index is 11.3. The molecule has 0 spiro atoms. The van der Waals surface area contributed by atoms with E-state index < -0.39 is 11.9 Å². The van der Waals surface area contributed by atoms with E-state index in [2.05, 4.69) is 20.8 Å². The van der Waals surface area contributed by atoms with Crippen molar-refractivity contribution in [3.8, 4) is 0 Å². The fourth-order valence-electron chi connectivity index (χ4n) is 2.04. The molecular weight excluding hydrogens is 318 g/mol. The molecule has 0 aromatic carbocycles. The molecule has 0 bridgehead atoms. The number of halogens is 1. The number of thiophene rings is 1. The number of carbonyl (C=O) groups is 1. The summed E-state index contributed by atoms with van der Waals surface area (Å²) in [5.41, 5.74) is 0. The van der Waals surface area contributed by atoms with E-state index in [0.29, 0.717) is 6.42 Å². The summed E-state index contributed by atoms with van der Waals surface area (Å²) in [6.07, 6.45) is 0.655. The molecule has 1 atom stereocenters. The Morgan fingerprint density at radius 2 is 2.22 bits per heavy atom. The van der Waals surface area contributed by atoms with E-state index in [9.17, 15) is 9.90 Å². The van der Waals surface area contributed by atoms with Crippen LogP contribution in [0.2, 0.25) is 0 Å². The number of hydrogen-bond donors (Lipinski definition) is 1. The van der Waals surface area contributed by atoms with Gasteiger partial charge in [0, 0.05) is 18.0 Å². The van der Waals surface area contributed by atoms with Gasteiger partial charge in [0.05, 0.1) is 22.9 Å². The molecule has 18 heavy (non-hydrogen) atoms. The van der Waals surface area contributed by atoms with Gasteiger partial charge < -0.3 is 9.84 Å². The first-order chi connectivity index (χ1) is 8.66. The number of carboxylic acids is 1. The van der Waals surface area contributed by atoms with Gasteiger partial charge in [-0.1, -0.05) is 0 Å². The Bertz CT molecular complexity index is 404. The number of ether oxygens (including phenoxy) is 1. The molecule has 1 saturated heterocycles. The van der Waals surface area contributed by atoms with E-state index in [1.165, 1.54) is 11.3 Å². The predicted molar refractivity (Wildman–Crippen MR) is 74.3 cm³/mol. The van der Waals surface area contributed by atoms with Crippen LogP contribution >= 0.6 is 27.3 Å². The second-order valence-electron chi connectivity index (χ2n) is 4.28. The molecule has 1 aliphatic rings. The van der Waals surface area contributed by atoms with E-state index in [1.54, 1.807) is 0 Å². The van der Waals surface area contributed by atoms with Crippen LogP contribution in [-0.4, -0.2) is 48.8 Å². The van der Waals surface area contributed by atoms with Gasteiger partial charge in [0.2, 0.25) is 0 Å². The molecule has 0 aliphatic carbocycles. The van der Waals surface area contributed by atoms with Crippen molar-refractivity contribution in [2.24, 2.45) is 0 Å². The molecule has 6 heteroatoms. The number of aliphatic carboxylic acids is 1. The summed E-state index contributed by atoms with van der Waals surface area (Å²) in [4.78, 5) is 14.5. The number of morpholine rings is 1. The molecule has 1 aromatic rings. The largest absolute Gasteiger partial charge is 0.481 e. The monoisotopic (exact) mass is 333 g/mol. The van der Waals surface area contributed by atoms with Crippen molar-refractivity contribution in [1.82, 2.24) is 4.90 Å². The number of rotatable bonds is 5. The van der Waals surface area contributed by atoms with Crippen molar-refractivity contribution >= 4 is 33.2 Å². The molecule has 1 fully saturated rings. The lowest BCUT2D eigenvalue weighted by Gasteiger charge is -2.27. The van der Waals surface area contributed by atoms with E-state index in [-0.39, 0.29) is 0 Å². The zero-order valence-corrected chi connectivity index (χ0v) is 12.4. The lowest BCUT2D eigenvalue weighted by Crippen LogP contribution is -2.37. The standard InChI is InChI=1S/C12H16BrNO3S/c13-11-2-1-10(18-11)9(12(15)16)3-4-14-5-7-17-8-6-14/h1-2,9H,3-8H2,(H,15,16). The second-order valence-corrected chi connectivity index (χ2v) is 6.77. The molecule has 1 aliphatic heterocycles. The van der Waals surface area contributed by atoms with Crippen LogP contribution in [0.5, 0.6) is 0 Å². The molecule has 0 amide bonds. The Hall–Kier alpha value is -0.430. The van der Waals surface area contributed by atoms with Crippen molar-refractivity contribution in [1.29, 1.82) is 0 Å². The molecule has 0 saturated carbocycles. The van der Waals surface area contributed by atoms with Gasteiger partial charge in [0.25, 0.3) is 0 Å². The Kier molecular flexibility index (Phi) is 5.17. The second kappa shape index (κ2) is 6.65. The summed E-state index contributed by atoms with van der Waals surface area (Å²) in [5.74, 6) is -1.14. The molecule has 100 valence electrons. The highest BCUT2D eigenvalue weighted by Crippen LogP contribution is 2.30. The van der Waals surface area contributed by atoms with Crippen LogP contribution in [0.3, 0.4) is 0 Å². The minimum atomic E-state index is -0.738. The molecule has 2 rings (SSSR count). The van der Waals surface area contributed by atoms with Crippen molar-refractivity contribution in [2.45, 2.75) is 12.3 Å². The number of nitrogens with zero attached hydrogens (tertiary/aromatic N) is 1. The molecule has 1 N–H and O–H groups in total. The van der Waals surface area contributed by atoms with Crippen LogP contribution in [0.25, 0.3) is 0 Å². The average molecular weight is 334 g/mol. The molecule has 1 unspecified atom stereocenters. The van der Waals surface area contributed by atoms with Crippen molar-refractivity contribution in [2.75, 3.05) is 32.8 Å². The summed E-state index contributed by atoms with van der Waals surface area (Å²) in [7, 11) is 0. The van der Waals surface area contributed by atoms with Gasteiger partial charge in [-0.2, -0.15) is 0 Å².